The van der Waals surface area contributed by atoms with E-state index in [2.05, 4.69) is 0 Å². The van der Waals surface area contributed by atoms with Crippen LogP contribution in [0.25, 0.3) is 0 Å². The standard InChI is InChI=1S/C9H8F3/c1-7-2-4-8(5-3-7)6-9(10,11)12/h2-6H,1H3/q+1. The number of alkyl halides is 3. The van der Waals surface area contributed by atoms with Gasteiger partial charge in [0.1, 0.15) is 12.0 Å². The molecule has 0 aliphatic rings. The maximum Gasteiger partial charge on any atom is 0.460 e. The Morgan fingerprint density at radius 1 is 1.08 bits per heavy atom. The second kappa shape index (κ2) is 3.09. The molecule has 0 N–H and O–H groups in total. The van der Waals surface area contributed by atoms with Crippen molar-refractivity contribution in [2.75, 3.05) is 0 Å². The topological polar surface area (TPSA) is 0 Å². The Kier molecular flexibility index (Phi) is 2.31. The van der Waals surface area contributed by atoms with Gasteiger partial charge in [0, 0.05) is 12.1 Å². The summed E-state index contributed by atoms with van der Waals surface area (Å²) in [6.07, 6.45) is -3.94. The first-order valence-corrected chi connectivity index (χ1v) is 3.47. The van der Waals surface area contributed by atoms with Crippen LogP contribution in [0.1, 0.15) is 11.1 Å². The van der Waals surface area contributed by atoms with Gasteiger partial charge in [0.05, 0.1) is 0 Å². The van der Waals surface area contributed by atoms with Crippen molar-refractivity contribution < 1.29 is 13.2 Å². The molecular weight excluding hydrogens is 165 g/mol. The summed E-state index contributed by atoms with van der Waals surface area (Å²) >= 11 is 0. The molecule has 1 aromatic rings. The molecule has 1 aromatic carbocycles. The Bertz CT molecular complexity index is 245. The summed E-state index contributed by atoms with van der Waals surface area (Å²) in [7, 11) is 0. The van der Waals surface area contributed by atoms with Gasteiger partial charge in [0.25, 0.3) is 0 Å². The SMILES string of the molecule is Cc1ccc([CH+]C(F)(F)F)cc1. The molecule has 0 amide bonds. The zero-order valence-electron chi connectivity index (χ0n) is 6.52. The summed E-state index contributed by atoms with van der Waals surface area (Å²) in [4.78, 5) is 0. The van der Waals surface area contributed by atoms with Gasteiger partial charge in [-0.1, -0.05) is 0 Å². The van der Waals surface area contributed by atoms with Crippen LogP contribution in [0, 0.1) is 13.3 Å². The Labute approximate surface area is 69.0 Å². The molecule has 0 spiro atoms. The van der Waals surface area contributed by atoms with E-state index in [4.69, 9.17) is 0 Å². The molecular formula is C9H8F3+. The van der Waals surface area contributed by atoms with Crippen molar-refractivity contribution in [2.45, 2.75) is 13.1 Å². The highest BCUT2D eigenvalue weighted by atomic mass is 19.4. The molecule has 3 heteroatoms. The van der Waals surface area contributed by atoms with Crippen molar-refractivity contribution in [3.63, 3.8) is 0 Å². The van der Waals surface area contributed by atoms with Gasteiger partial charge in [-0.3, -0.25) is 0 Å². The predicted molar refractivity (Wildman–Crippen MR) is 40.6 cm³/mol. The molecule has 0 unspecified atom stereocenters. The van der Waals surface area contributed by atoms with Crippen molar-refractivity contribution in [3.05, 3.63) is 41.8 Å². The molecule has 0 nitrogen and oxygen atoms in total. The normalized spacial score (nSPS) is 11.3. The minimum atomic E-state index is -4.23. The van der Waals surface area contributed by atoms with Gasteiger partial charge < -0.3 is 0 Å². The summed E-state index contributed by atoms with van der Waals surface area (Å²) in [5.74, 6) is 0. The van der Waals surface area contributed by atoms with E-state index in [1.165, 1.54) is 12.1 Å². The number of rotatable bonds is 1. The first kappa shape index (κ1) is 8.97. The fourth-order valence-corrected chi connectivity index (χ4v) is 0.852. The van der Waals surface area contributed by atoms with Crippen molar-refractivity contribution in [1.29, 1.82) is 0 Å². The maximum absolute atomic E-state index is 11.8. The van der Waals surface area contributed by atoms with Crippen LogP contribution >= 0.6 is 0 Å². The van der Waals surface area contributed by atoms with Gasteiger partial charge in [0.2, 0.25) is 0 Å². The molecule has 0 saturated heterocycles. The molecule has 1 rings (SSSR count). The lowest BCUT2D eigenvalue weighted by atomic mass is 10.1. The minimum Gasteiger partial charge on any atom is -0.154 e. The number of hydrogen-bond donors (Lipinski definition) is 0. The van der Waals surface area contributed by atoms with Crippen molar-refractivity contribution in [1.82, 2.24) is 0 Å². The molecule has 0 aliphatic heterocycles. The molecule has 0 heterocycles. The molecule has 0 aliphatic carbocycles. The third-order valence-electron chi connectivity index (χ3n) is 1.41. The summed E-state index contributed by atoms with van der Waals surface area (Å²) < 4.78 is 35.4. The van der Waals surface area contributed by atoms with Gasteiger partial charge >= 0.3 is 6.18 Å². The Hall–Kier alpha value is -1.12. The first-order valence-electron chi connectivity index (χ1n) is 3.47. The Balaban J connectivity index is 2.71. The zero-order chi connectivity index (χ0) is 9.19. The summed E-state index contributed by atoms with van der Waals surface area (Å²) in [5.41, 5.74) is 1.14. The van der Waals surface area contributed by atoms with Crippen LogP contribution in [0.3, 0.4) is 0 Å². The zero-order valence-corrected chi connectivity index (χ0v) is 6.52. The number of aryl methyl sites for hydroxylation is 1. The van der Waals surface area contributed by atoms with Crippen molar-refractivity contribution in [3.8, 4) is 0 Å². The van der Waals surface area contributed by atoms with E-state index in [0.29, 0.717) is 0 Å². The van der Waals surface area contributed by atoms with Crippen molar-refractivity contribution >= 4 is 0 Å². The van der Waals surface area contributed by atoms with Crippen LogP contribution in [0.2, 0.25) is 0 Å². The highest BCUT2D eigenvalue weighted by Gasteiger charge is 2.33. The molecule has 0 aromatic heterocycles. The monoisotopic (exact) mass is 173 g/mol. The smallest absolute Gasteiger partial charge is 0.154 e. The third kappa shape index (κ3) is 2.86. The first-order chi connectivity index (χ1) is 5.47. The highest BCUT2D eigenvalue weighted by Crippen LogP contribution is 2.23. The Morgan fingerprint density at radius 3 is 2.00 bits per heavy atom. The predicted octanol–water partition coefficient (Wildman–Crippen LogP) is 3.11. The van der Waals surface area contributed by atoms with Gasteiger partial charge in [0.15, 0.2) is 0 Å². The van der Waals surface area contributed by atoms with Gasteiger partial charge in [-0.05, 0) is 24.6 Å². The lowest BCUT2D eigenvalue weighted by Crippen LogP contribution is -2.08. The Morgan fingerprint density at radius 2 is 1.58 bits per heavy atom. The molecule has 0 saturated carbocycles. The van der Waals surface area contributed by atoms with E-state index < -0.39 is 6.18 Å². The fourth-order valence-electron chi connectivity index (χ4n) is 0.852. The lowest BCUT2D eigenvalue weighted by Gasteiger charge is -1.98. The van der Waals surface area contributed by atoms with Crippen molar-refractivity contribution in [2.24, 2.45) is 0 Å². The lowest BCUT2D eigenvalue weighted by molar-refractivity contribution is -0.0927. The van der Waals surface area contributed by atoms with Crippen LogP contribution in [0.15, 0.2) is 24.3 Å². The number of halogens is 3. The van der Waals surface area contributed by atoms with Gasteiger partial charge in [-0.25, -0.2) is 0 Å². The fraction of sp³-hybridized carbons (Fsp3) is 0.222. The van der Waals surface area contributed by atoms with Gasteiger partial charge in [-0.2, -0.15) is 13.2 Å². The van der Waals surface area contributed by atoms with Crippen LogP contribution in [0.5, 0.6) is 0 Å². The average Bonchev–Trinajstić information content (AvgIpc) is 1.91. The summed E-state index contributed by atoms with van der Waals surface area (Å²) in [6, 6.07) is 6.20. The molecule has 12 heavy (non-hydrogen) atoms. The highest BCUT2D eigenvalue weighted by molar-refractivity contribution is 5.27. The molecule has 0 radical (unpaired) electrons. The molecule has 0 fully saturated rings. The number of hydrogen-bond acceptors (Lipinski definition) is 0. The van der Waals surface area contributed by atoms with Gasteiger partial charge in [-0.15, -0.1) is 0 Å². The van der Waals surface area contributed by atoms with E-state index in [0.717, 1.165) is 5.56 Å². The van der Waals surface area contributed by atoms with E-state index >= 15 is 0 Å². The number of benzene rings is 1. The van der Waals surface area contributed by atoms with E-state index in [1.54, 1.807) is 12.1 Å². The molecule has 64 valence electrons. The third-order valence-corrected chi connectivity index (χ3v) is 1.41. The second-order valence-corrected chi connectivity index (χ2v) is 2.60. The maximum atomic E-state index is 11.8. The van der Waals surface area contributed by atoms with Crippen LogP contribution < -0.4 is 0 Å². The van der Waals surface area contributed by atoms with E-state index in [9.17, 15) is 13.2 Å². The quantitative estimate of drug-likeness (QED) is 0.572. The minimum absolute atomic E-state index is 0.188. The largest absolute Gasteiger partial charge is 0.460 e. The summed E-state index contributed by atoms with van der Waals surface area (Å²) in [5, 5.41) is 0. The van der Waals surface area contributed by atoms with Crippen LogP contribution in [-0.2, 0) is 0 Å². The average molecular weight is 173 g/mol. The molecule has 0 bridgehead atoms. The van der Waals surface area contributed by atoms with E-state index in [1.807, 2.05) is 6.92 Å². The molecule has 0 atom stereocenters. The van der Waals surface area contributed by atoms with Crippen LogP contribution in [0.4, 0.5) is 13.2 Å². The van der Waals surface area contributed by atoms with Crippen LogP contribution in [-0.4, -0.2) is 6.18 Å². The second-order valence-electron chi connectivity index (χ2n) is 2.60. The summed E-state index contributed by atoms with van der Waals surface area (Å²) in [6.45, 7) is 1.83. The van der Waals surface area contributed by atoms with E-state index in [-0.39, 0.29) is 12.0 Å².